The molecule has 0 aromatic carbocycles. The summed E-state index contributed by atoms with van der Waals surface area (Å²) in [6, 6.07) is 0. The van der Waals surface area contributed by atoms with E-state index in [1.165, 1.54) is 0 Å². The van der Waals surface area contributed by atoms with Crippen molar-refractivity contribution >= 4 is 0 Å². The predicted molar refractivity (Wildman–Crippen MR) is 83.1 cm³/mol. The molecule has 0 aliphatic heterocycles. The molecule has 26 heavy (non-hydrogen) atoms. The second-order valence-corrected chi connectivity index (χ2v) is 9.32. The summed E-state index contributed by atoms with van der Waals surface area (Å²) in [5.74, 6) is 2.85. The minimum atomic E-state index is -5.46. The molecule has 0 heterocycles. The number of hydrogen-bond donors (Lipinski definition) is 0. The third-order valence-electron chi connectivity index (χ3n) is 8.80. The minimum Gasteiger partial charge on any atom is -0.361 e. The zero-order valence-corrected chi connectivity index (χ0v) is 15.2. The highest BCUT2D eigenvalue weighted by Gasteiger charge is 2.74. The van der Waals surface area contributed by atoms with Crippen molar-refractivity contribution in [3.05, 3.63) is 0 Å². The summed E-state index contributed by atoms with van der Waals surface area (Å²) in [6.45, 7) is 4.47. The second kappa shape index (κ2) is 5.54. The Morgan fingerprint density at radius 2 is 1.31 bits per heavy atom. The molecule has 0 aromatic rings. The smallest absolute Gasteiger partial charge is 0.361 e. The lowest BCUT2D eigenvalue weighted by molar-refractivity contribution is -0.380. The van der Waals surface area contributed by atoms with Gasteiger partial charge in [-0.1, -0.05) is 13.8 Å². The number of ether oxygens (including phenoxy) is 1. The number of fused-ring (bicyclic) bond motifs is 9. The number of hydrogen-bond acceptors (Lipinski definition) is 1. The van der Waals surface area contributed by atoms with E-state index in [1.807, 2.05) is 0 Å². The van der Waals surface area contributed by atoms with Gasteiger partial charge in [-0.25, -0.2) is 0 Å². The maximum Gasteiger partial charge on any atom is 0.426 e. The Kier molecular flexibility index (Phi) is 4.02. The van der Waals surface area contributed by atoms with Gasteiger partial charge in [-0.05, 0) is 78.9 Å². The summed E-state index contributed by atoms with van der Waals surface area (Å²) in [5.41, 5.74) is -4.04. The maximum atomic E-state index is 13.5. The van der Waals surface area contributed by atoms with Gasteiger partial charge in [0.25, 0.3) is 5.60 Å². The van der Waals surface area contributed by atoms with Crippen LogP contribution in [0.25, 0.3) is 0 Å². The van der Waals surface area contributed by atoms with Gasteiger partial charge >= 0.3 is 12.4 Å². The van der Waals surface area contributed by atoms with Gasteiger partial charge in [-0.2, -0.15) is 26.3 Å². The van der Waals surface area contributed by atoms with Gasteiger partial charge in [0.2, 0.25) is 0 Å². The Balaban J connectivity index is 1.60. The first kappa shape index (κ1) is 18.9. The van der Waals surface area contributed by atoms with Gasteiger partial charge in [0.05, 0.1) is 0 Å². The number of alkyl halides is 6. The number of rotatable bonds is 3. The van der Waals surface area contributed by atoms with Crippen molar-refractivity contribution in [2.45, 2.75) is 57.5 Å². The predicted octanol–water partition coefficient (Wildman–Crippen LogP) is 5.70. The van der Waals surface area contributed by atoms with E-state index in [0.29, 0.717) is 55.0 Å². The second-order valence-electron chi connectivity index (χ2n) is 9.32. The van der Waals surface area contributed by atoms with Crippen LogP contribution in [-0.4, -0.2) is 25.1 Å². The van der Waals surface area contributed by atoms with Crippen molar-refractivity contribution in [3.8, 4) is 0 Å². The molecule has 0 amide bonds. The highest BCUT2D eigenvalue weighted by atomic mass is 19.4. The molecule has 0 N–H and O–H groups in total. The Morgan fingerprint density at radius 1 is 0.769 bits per heavy atom. The van der Waals surface area contributed by atoms with Gasteiger partial charge in [0.1, 0.15) is 0 Å². The fourth-order valence-electron chi connectivity index (χ4n) is 7.67. The van der Waals surface area contributed by atoms with Crippen LogP contribution < -0.4 is 0 Å². The largest absolute Gasteiger partial charge is 0.426 e. The van der Waals surface area contributed by atoms with E-state index in [9.17, 15) is 26.3 Å². The monoisotopic (exact) mass is 384 g/mol. The summed E-state index contributed by atoms with van der Waals surface area (Å²) in [4.78, 5) is 0. The summed E-state index contributed by atoms with van der Waals surface area (Å²) >= 11 is 0. The van der Waals surface area contributed by atoms with Crippen molar-refractivity contribution in [2.24, 2.45) is 53.3 Å². The van der Waals surface area contributed by atoms with E-state index >= 15 is 0 Å². The lowest BCUT2D eigenvalue weighted by atomic mass is 9.61. The molecule has 0 spiro atoms. The third kappa shape index (κ3) is 2.21. The maximum absolute atomic E-state index is 13.5. The molecule has 4 bridgehead atoms. The molecule has 0 saturated heterocycles. The van der Waals surface area contributed by atoms with Crippen LogP contribution >= 0.6 is 0 Å². The first-order chi connectivity index (χ1) is 11.9. The highest BCUT2D eigenvalue weighted by molar-refractivity contribution is 5.15. The fraction of sp³-hybridized carbons (Fsp3) is 1.00. The average Bonchev–Trinajstić information content (AvgIpc) is 3.22. The van der Waals surface area contributed by atoms with Gasteiger partial charge < -0.3 is 4.74 Å². The summed E-state index contributed by atoms with van der Waals surface area (Å²) < 4.78 is 84.9. The van der Waals surface area contributed by atoms with E-state index in [-0.39, 0.29) is 5.92 Å². The standard InChI is InChI=1S/C19H26F6O/c1-8-9(2)13-6-12(8)15-10-4-11(14(5-10)16(13)15)7-17(26-3,18(20,21)22)19(23,24)25/h8-16H,4-7H2,1-3H3. The molecule has 4 saturated carbocycles. The van der Waals surface area contributed by atoms with Crippen molar-refractivity contribution in [2.75, 3.05) is 7.11 Å². The van der Waals surface area contributed by atoms with Crippen LogP contribution in [0.2, 0.25) is 0 Å². The Bertz CT molecular complexity index is 555. The van der Waals surface area contributed by atoms with Crippen LogP contribution in [-0.2, 0) is 4.74 Å². The lowest BCUT2D eigenvalue weighted by Crippen LogP contribution is -2.59. The van der Waals surface area contributed by atoms with Crippen LogP contribution in [0.4, 0.5) is 26.3 Å². The molecule has 4 rings (SSSR count). The van der Waals surface area contributed by atoms with Gasteiger partial charge in [-0.15, -0.1) is 0 Å². The van der Waals surface area contributed by atoms with Crippen LogP contribution in [0.5, 0.6) is 0 Å². The van der Waals surface area contributed by atoms with Gasteiger partial charge in [-0.3, -0.25) is 0 Å². The topological polar surface area (TPSA) is 9.23 Å². The molecule has 150 valence electrons. The quantitative estimate of drug-likeness (QED) is 0.448. The molecule has 7 heteroatoms. The average molecular weight is 384 g/mol. The Hall–Kier alpha value is -0.460. The minimum absolute atomic E-state index is 0.00539. The molecule has 0 aromatic heterocycles. The fourth-order valence-corrected chi connectivity index (χ4v) is 7.67. The normalized spacial score (nSPS) is 47.7. The van der Waals surface area contributed by atoms with E-state index in [4.69, 9.17) is 0 Å². The summed E-state index contributed by atoms with van der Waals surface area (Å²) in [5, 5.41) is 0. The van der Waals surface area contributed by atoms with Crippen molar-refractivity contribution < 1.29 is 31.1 Å². The molecule has 9 unspecified atom stereocenters. The molecule has 4 fully saturated rings. The molecular formula is C19H26F6O. The number of halogens is 6. The molecule has 4 aliphatic rings. The molecule has 4 aliphatic carbocycles. The van der Waals surface area contributed by atoms with Crippen LogP contribution in [0.1, 0.15) is 39.5 Å². The molecule has 0 radical (unpaired) electrons. The SMILES string of the molecule is COC(CC1CC2CC1C1C3CC(C(C)C3C)C21)(C(F)(F)F)C(F)(F)F. The van der Waals surface area contributed by atoms with Crippen molar-refractivity contribution in [1.82, 2.24) is 0 Å². The first-order valence-electron chi connectivity index (χ1n) is 9.61. The van der Waals surface area contributed by atoms with Crippen LogP contribution in [0.3, 0.4) is 0 Å². The third-order valence-corrected chi connectivity index (χ3v) is 8.80. The van der Waals surface area contributed by atoms with Crippen molar-refractivity contribution in [1.29, 1.82) is 0 Å². The first-order valence-corrected chi connectivity index (χ1v) is 9.61. The number of methoxy groups -OCH3 is 1. The zero-order valence-electron chi connectivity index (χ0n) is 15.2. The van der Waals surface area contributed by atoms with Gasteiger partial charge in [0, 0.05) is 7.11 Å². The Labute approximate surface area is 149 Å². The van der Waals surface area contributed by atoms with Crippen molar-refractivity contribution in [3.63, 3.8) is 0 Å². The van der Waals surface area contributed by atoms with E-state index < -0.39 is 30.3 Å². The van der Waals surface area contributed by atoms with E-state index in [2.05, 4.69) is 18.6 Å². The molecule has 9 atom stereocenters. The molecule has 1 nitrogen and oxygen atoms in total. The van der Waals surface area contributed by atoms with Gasteiger partial charge in [0.15, 0.2) is 0 Å². The summed E-state index contributed by atoms with van der Waals surface area (Å²) in [6.07, 6.45) is -9.49. The molecular weight excluding hydrogens is 358 g/mol. The van der Waals surface area contributed by atoms with Crippen LogP contribution in [0.15, 0.2) is 0 Å². The van der Waals surface area contributed by atoms with E-state index in [1.54, 1.807) is 0 Å². The summed E-state index contributed by atoms with van der Waals surface area (Å²) in [7, 11) is 0.540. The Morgan fingerprint density at radius 3 is 1.81 bits per heavy atom. The lowest BCUT2D eigenvalue weighted by Gasteiger charge is -2.46. The zero-order chi connectivity index (χ0) is 19.2. The van der Waals surface area contributed by atoms with Crippen LogP contribution in [0, 0.1) is 53.3 Å². The highest BCUT2D eigenvalue weighted by Crippen LogP contribution is 2.72. The van der Waals surface area contributed by atoms with E-state index in [0.717, 1.165) is 12.8 Å².